The molecule has 2 nitrogen and oxygen atoms in total. The number of hydrogen-bond donors (Lipinski definition) is 1. The maximum atomic E-state index is 3.14. The van der Waals surface area contributed by atoms with E-state index in [4.69, 9.17) is 0 Å². The van der Waals surface area contributed by atoms with E-state index in [0.29, 0.717) is 0 Å². The maximum Gasteiger partial charge on any atom is 0.251 e. The van der Waals surface area contributed by atoms with Gasteiger partial charge in [-0.1, -0.05) is 13.3 Å². The van der Waals surface area contributed by atoms with Crippen molar-refractivity contribution in [3.05, 3.63) is 18.2 Å². The van der Waals surface area contributed by atoms with Crippen LogP contribution in [-0.4, -0.2) is 4.98 Å². The van der Waals surface area contributed by atoms with E-state index in [9.17, 15) is 0 Å². The first-order valence-electron chi connectivity index (χ1n) is 3.88. The Morgan fingerprint density at radius 3 is 2.73 bits per heavy atom. The molecule has 0 aliphatic carbocycles. The van der Waals surface area contributed by atoms with E-state index in [1.54, 1.807) is 0 Å². The van der Waals surface area contributed by atoms with Crippen LogP contribution in [0.25, 0.3) is 0 Å². The second kappa shape index (κ2) is 5.19. The number of imidazole rings is 1. The van der Waals surface area contributed by atoms with E-state index in [-0.39, 0.29) is 12.4 Å². The summed E-state index contributed by atoms with van der Waals surface area (Å²) in [6.07, 6.45) is 6.59. The van der Waals surface area contributed by atoms with Crippen LogP contribution in [0.3, 0.4) is 0 Å². The van der Waals surface area contributed by atoms with Gasteiger partial charge in [-0.05, 0) is 6.42 Å². The van der Waals surface area contributed by atoms with Gasteiger partial charge in [-0.3, -0.25) is 0 Å². The summed E-state index contributed by atoms with van der Waals surface area (Å²) in [7, 11) is 0. The average molecular weight is 175 g/mol. The Morgan fingerprint density at radius 1 is 1.55 bits per heavy atom. The second-order valence-corrected chi connectivity index (χ2v) is 2.59. The molecule has 0 bridgehead atoms. The first kappa shape index (κ1) is 10.5. The van der Waals surface area contributed by atoms with Gasteiger partial charge < -0.3 is 12.4 Å². The van der Waals surface area contributed by atoms with Crippen molar-refractivity contribution >= 4 is 0 Å². The number of H-pyrrole nitrogens is 1. The number of hydrogen-bond acceptors (Lipinski definition) is 0. The Bertz CT molecular complexity index is 196. The van der Waals surface area contributed by atoms with Gasteiger partial charge in [-0.2, -0.15) is 0 Å². The quantitative estimate of drug-likeness (QED) is 0.534. The Kier molecular flexibility index (Phi) is 4.95. The number of aromatic amines is 1. The van der Waals surface area contributed by atoms with Crippen LogP contribution in [0, 0.1) is 6.92 Å². The minimum atomic E-state index is 0. The summed E-state index contributed by atoms with van der Waals surface area (Å²) in [5.74, 6) is 1.24. The van der Waals surface area contributed by atoms with Crippen LogP contribution >= 0.6 is 0 Å². The molecule has 0 saturated heterocycles. The molecule has 1 N–H and O–H groups in total. The highest BCUT2D eigenvalue weighted by Gasteiger charge is 2.01. The first-order valence-corrected chi connectivity index (χ1v) is 3.88. The number of rotatable bonds is 3. The number of aryl methyl sites for hydroxylation is 2. The van der Waals surface area contributed by atoms with Crippen LogP contribution in [0.2, 0.25) is 0 Å². The highest BCUT2D eigenvalue weighted by molar-refractivity contribution is 4.70. The van der Waals surface area contributed by atoms with E-state index in [2.05, 4.69) is 29.6 Å². The first-order chi connectivity index (χ1) is 4.84. The van der Waals surface area contributed by atoms with Gasteiger partial charge in [0.25, 0.3) is 5.82 Å². The van der Waals surface area contributed by atoms with Gasteiger partial charge in [0.2, 0.25) is 0 Å². The largest absolute Gasteiger partial charge is 1.00 e. The fraction of sp³-hybridized carbons (Fsp3) is 0.625. The van der Waals surface area contributed by atoms with E-state index in [1.807, 2.05) is 6.20 Å². The molecule has 0 aromatic carbocycles. The minimum absolute atomic E-state index is 0. The van der Waals surface area contributed by atoms with Gasteiger partial charge in [0, 0.05) is 6.92 Å². The highest BCUT2D eigenvalue weighted by Crippen LogP contribution is 1.88. The molecule has 0 aliphatic heterocycles. The highest BCUT2D eigenvalue weighted by atomic mass is 35.5. The van der Waals surface area contributed by atoms with Gasteiger partial charge in [-0.15, -0.1) is 0 Å². The summed E-state index contributed by atoms with van der Waals surface area (Å²) in [4.78, 5) is 3.14. The lowest BCUT2D eigenvalue weighted by molar-refractivity contribution is -0.701. The van der Waals surface area contributed by atoms with Gasteiger partial charge in [0.05, 0.1) is 6.54 Å². The summed E-state index contributed by atoms with van der Waals surface area (Å²) in [6, 6.07) is 0. The Balaban J connectivity index is 0.000001000. The number of nitrogens with one attached hydrogen (secondary N) is 1. The molecule has 0 amide bonds. The van der Waals surface area contributed by atoms with Crippen LogP contribution in [0.1, 0.15) is 25.6 Å². The van der Waals surface area contributed by atoms with Crippen molar-refractivity contribution in [3.8, 4) is 0 Å². The molecule has 0 unspecified atom stereocenters. The third-order valence-electron chi connectivity index (χ3n) is 1.73. The summed E-state index contributed by atoms with van der Waals surface area (Å²) in [5.41, 5.74) is 0. The molecule has 1 aromatic heterocycles. The van der Waals surface area contributed by atoms with Crippen molar-refractivity contribution in [3.63, 3.8) is 0 Å². The predicted molar refractivity (Wildman–Crippen MR) is 40.6 cm³/mol. The van der Waals surface area contributed by atoms with Gasteiger partial charge in [0.15, 0.2) is 0 Å². The zero-order valence-corrected chi connectivity index (χ0v) is 7.86. The molecule has 0 aliphatic rings. The second-order valence-electron chi connectivity index (χ2n) is 2.59. The zero-order valence-electron chi connectivity index (χ0n) is 7.10. The summed E-state index contributed by atoms with van der Waals surface area (Å²) in [5, 5.41) is 0. The molecule has 0 spiro atoms. The van der Waals surface area contributed by atoms with Gasteiger partial charge in [-0.25, -0.2) is 9.55 Å². The zero-order chi connectivity index (χ0) is 7.40. The van der Waals surface area contributed by atoms with Crippen LogP contribution < -0.4 is 17.0 Å². The van der Waals surface area contributed by atoms with E-state index >= 15 is 0 Å². The Morgan fingerprint density at radius 2 is 2.27 bits per heavy atom. The molecular weight excluding hydrogens is 160 g/mol. The number of aromatic nitrogens is 2. The molecule has 0 fully saturated rings. The monoisotopic (exact) mass is 174 g/mol. The standard InChI is InChI=1S/C8H14N2.ClH/c1-3-4-6-10-7-5-9-8(10)2;/h5,7H,3-4,6H2,1-2H3;1H. The molecule has 0 radical (unpaired) electrons. The third kappa shape index (κ3) is 2.93. The van der Waals surface area contributed by atoms with Crippen LogP contribution in [-0.2, 0) is 6.54 Å². The molecule has 1 aromatic rings. The Labute approximate surface area is 74.0 Å². The van der Waals surface area contributed by atoms with Crippen molar-refractivity contribution in [1.29, 1.82) is 0 Å². The van der Waals surface area contributed by atoms with E-state index < -0.39 is 0 Å². The predicted octanol–water partition coefficient (Wildman–Crippen LogP) is -1.59. The van der Waals surface area contributed by atoms with E-state index in [0.717, 1.165) is 6.54 Å². The summed E-state index contributed by atoms with van der Waals surface area (Å²) < 4.78 is 2.24. The van der Waals surface area contributed by atoms with Crippen molar-refractivity contribution in [1.82, 2.24) is 4.98 Å². The fourth-order valence-electron chi connectivity index (χ4n) is 1.01. The van der Waals surface area contributed by atoms with Crippen LogP contribution in [0.15, 0.2) is 12.4 Å². The molecule has 11 heavy (non-hydrogen) atoms. The van der Waals surface area contributed by atoms with E-state index in [1.165, 1.54) is 18.7 Å². The lowest BCUT2D eigenvalue weighted by Gasteiger charge is -1.93. The van der Waals surface area contributed by atoms with Gasteiger partial charge in [0.1, 0.15) is 12.4 Å². The number of nitrogens with zero attached hydrogens (tertiary/aromatic N) is 1. The van der Waals surface area contributed by atoms with Crippen LogP contribution in [0.5, 0.6) is 0 Å². The lowest BCUT2D eigenvalue weighted by Crippen LogP contribution is -3.00. The molecule has 64 valence electrons. The van der Waals surface area contributed by atoms with Gasteiger partial charge >= 0.3 is 0 Å². The molecule has 3 heteroatoms. The van der Waals surface area contributed by atoms with Crippen molar-refractivity contribution in [2.24, 2.45) is 0 Å². The molecule has 0 saturated carbocycles. The molecular formula is C8H15ClN2. The summed E-state index contributed by atoms with van der Waals surface area (Å²) in [6.45, 7) is 5.45. The fourth-order valence-corrected chi connectivity index (χ4v) is 1.01. The van der Waals surface area contributed by atoms with Crippen molar-refractivity contribution < 1.29 is 17.0 Å². The smallest absolute Gasteiger partial charge is 0.251 e. The molecule has 1 heterocycles. The number of halogens is 1. The maximum absolute atomic E-state index is 3.14. The lowest BCUT2D eigenvalue weighted by atomic mass is 10.3. The van der Waals surface area contributed by atoms with Crippen molar-refractivity contribution in [2.45, 2.75) is 33.2 Å². The number of unbranched alkanes of at least 4 members (excludes halogenated alkanes) is 1. The third-order valence-corrected chi connectivity index (χ3v) is 1.73. The van der Waals surface area contributed by atoms with Crippen molar-refractivity contribution in [2.75, 3.05) is 0 Å². The molecule has 1 rings (SSSR count). The minimum Gasteiger partial charge on any atom is -1.00 e. The topological polar surface area (TPSA) is 19.7 Å². The SMILES string of the molecule is CCCC[n+]1cc[nH]c1C.[Cl-]. The van der Waals surface area contributed by atoms with Crippen LogP contribution in [0.4, 0.5) is 0 Å². The summed E-state index contributed by atoms with van der Waals surface area (Å²) >= 11 is 0. The normalized spacial score (nSPS) is 9.27. The molecule has 0 atom stereocenters. The Hall–Kier alpha value is -0.500. The average Bonchev–Trinajstić information content (AvgIpc) is 2.31.